The smallest absolute Gasteiger partial charge is 0.338 e. The van der Waals surface area contributed by atoms with Crippen molar-refractivity contribution in [3.8, 4) is 0 Å². The second-order valence-electron chi connectivity index (χ2n) is 2.04. The number of carboxylic acid groups (broad SMARTS) is 1. The monoisotopic (exact) mass is 150 g/mol. The van der Waals surface area contributed by atoms with Crippen LogP contribution in [0.4, 0.5) is 4.39 Å². The number of halogens is 1. The topological polar surface area (TPSA) is 37.3 Å². The maximum Gasteiger partial charge on any atom is 0.338 e. The second-order valence-corrected chi connectivity index (χ2v) is 2.04. The molecule has 0 heterocycles. The van der Waals surface area contributed by atoms with Crippen LogP contribution in [0, 0.1) is 5.82 Å². The molecular formula is C7H4BFO2. The summed E-state index contributed by atoms with van der Waals surface area (Å²) in [4.78, 5) is 10.3. The molecule has 0 saturated carbocycles. The average molecular weight is 150 g/mol. The molecule has 54 valence electrons. The third-order valence-electron chi connectivity index (χ3n) is 1.22. The van der Waals surface area contributed by atoms with E-state index in [0.717, 1.165) is 12.1 Å². The molecule has 1 aromatic rings. The lowest BCUT2D eigenvalue weighted by Gasteiger charge is -1.97. The van der Waals surface area contributed by atoms with Gasteiger partial charge in [0.05, 0.1) is 5.56 Å². The highest BCUT2D eigenvalue weighted by Crippen LogP contribution is 2.03. The third kappa shape index (κ3) is 1.58. The Hall–Kier alpha value is -1.32. The van der Waals surface area contributed by atoms with Crippen molar-refractivity contribution in [2.45, 2.75) is 0 Å². The maximum atomic E-state index is 12.6. The highest BCUT2D eigenvalue weighted by atomic mass is 19.1. The number of hydrogen-bond donors (Lipinski definition) is 1. The number of carboxylic acids is 1. The van der Waals surface area contributed by atoms with Crippen molar-refractivity contribution in [2.75, 3.05) is 0 Å². The lowest BCUT2D eigenvalue weighted by atomic mass is 9.95. The van der Waals surface area contributed by atoms with E-state index in [2.05, 4.69) is 0 Å². The molecule has 0 saturated heterocycles. The Morgan fingerprint density at radius 2 is 2.18 bits per heavy atom. The predicted octanol–water partition coefficient (Wildman–Crippen LogP) is 0.318. The predicted molar refractivity (Wildman–Crippen MR) is 38.7 cm³/mol. The molecule has 0 aromatic heterocycles. The lowest BCUT2D eigenvalue weighted by Crippen LogP contribution is -2.07. The summed E-state index contributed by atoms with van der Waals surface area (Å²) in [5, 5.41) is 8.38. The van der Waals surface area contributed by atoms with Crippen LogP contribution in [0.1, 0.15) is 10.4 Å². The Morgan fingerprint density at radius 1 is 1.55 bits per heavy atom. The van der Waals surface area contributed by atoms with E-state index in [1.807, 2.05) is 0 Å². The van der Waals surface area contributed by atoms with Gasteiger partial charge in [0.15, 0.2) is 0 Å². The minimum Gasteiger partial charge on any atom is -0.478 e. The molecule has 2 radical (unpaired) electrons. The Bertz CT molecular complexity index is 298. The SMILES string of the molecule is [B]c1ccc(C(=O)O)c(F)c1. The molecule has 0 aliphatic heterocycles. The number of benzene rings is 1. The van der Waals surface area contributed by atoms with Gasteiger partial charge in [-0.25, -0.2) is 9.18 Å². The first-order valence-electron chi connectivity index (χ1n) is 2.89. The normalized spacial score (nSPS) is 9.55. The molecule has 0 amide bonds. The van der Waals surface area contributed by atoms with Gasteiger partial charge in [0.2, 0.25) is 0 Å². The lowest BCUT2D eigenvalue weighted by molar-refractivity contribution is 0.0692. The van der Waals surface area contributed by atoms with Crippen molar-refractivity contribution in [1.29, 1.82) is 0 Å². The number of carbonyl (C=O) groups is 1. The Balaban J connectivity index is 3.20. The molecule has 11 heavy (non-hydrogen) atoms. The quantitative estimate of drug-likeness (QED) is 0.585. The van der Waals surface area contributed by atoms with E-state index in [9.17, 15) is 9.18 Å². The molecule has 2 nitrogen and oxygen atoms in total. The van der Waals surface area contributed by atoms with Gasteiger partial charge in [0.25, 0.3) is 0 Å². The van der Waals surface area contributed by atoms with Crippen LogP contribution in [-0.2, 0) is 0 Å². The van der Waals surface area contributed by atoms with Crippen LogP contribution in [-0.4, -0.2) is 18.9 Å². The molecule has 0 bridgehead atoms. The highest BCUT2D eigenvalue weighted by Gasteiger charge is 2.08. The first-order chi connectivity index (χ1) is 5.11. The van der Waals surface area contributed by atoms with Crippen molar-refractivity contribution >= 4 is 19.3 Å². The van der Waals surface area contributed by atoms with Crippen LogP contribution < -0.4 is 5.46 Å². The van der Waals surface area contributed by atoms with Crippen molar-refractivity contribution < 1.29 is 14.3 Å². The van der Waals surface area contributed by atoms with Crippen LogP contribution in [0.25, 0.3) is 0 Å². The van der Waals surface area contributed by atoms with Crippen LogP contribution in [0.2, 0.25) is 0 Å². The Morgan fingerprint density at radius 3 is 2.64 bits per heavy atom. The minimum absolute atomic E-state index is 0.215. The molecule has 4 heteroatoms. The summed E-state index contributed by atoms with van der Waals surface area (Å²) in [7, 11) is 5.19. The van der Waals surface area contributed by atoms with E-state index in [1.54, 1.807) is 0 Å². The first kappa shape index (κ1) is 7.79. The largest absolute Gasteiger partial charge is 0.478 e. The highest BCUT2D eigenvalue weighted by molar-refractivity contribution is 6.32. The number of hydrogen-bond acceptors (Lipinski definition) is 1. The van der Waals surface area contributed by atoms with Crippen molar-refractivity contribution in [1.82, 2.24) is 0 Å². The molecule has 0 aliphatic carbocycles. The minimum atomic E-state index is -1.29. The molecule has 0 aliphatic rings. The second kappa shape index (κ2) is 2.74. The molecule has 1 rings (SSSR count). The molecule has 0 unspecified atom stereocenters. The van der Waals surface area contributed by atoms with Gasteiger partial charge in [-0.2, -0.15) is 0 Å². The third-order valence-corrected chi connectivity index (χ3v) is 1.22. The van der Waals surface area contributed by atoms with Gasteiger partial charge in [0, 0.05) is 0 Å². The standard InChI is InChI=1S/C7H4BFO2/c8-4-1-2-5(7(10)11)6(9)3-4/h1-3H,(H,10,11). The van der Waals surface area contributed by atoms with Crippen molar-refractivity contribution in [3.05, 3.63) is 29.6 Å². The molecular weight excluding hydrogens is 146 g/mol. The number of aromatic carboxylic acids is 1. The Kier molecular flexibility index (Phi) is 1.94. The van der Waals surface area contributed by atoms with Gasteiger partial charge in [-0.15, -0.1) is 0 Å². The van der Waals surface area contributed by atoms with E-state index >= 15 is 0 Å². The van der Waals surface area contributed by atoms with Crippen LogP contribution >= 0.6 is 0 Å². The van der Waals surface area contributed by atoms with Gasteiger partial charge in [-0.3, -0.25) is 0 Å². The van der Waals surface area contributed by atoms with Crippen LogP contribution in [0.15, 0.2) is 18.2 Å². The summed E-state index contributed by atoms with van der Waals surface area (Å²) in [6.45, 7) is 0. The summed E-state index contributed by atoms with van der Waals surface area (Å²) < 4.78 is 12.6. The first-order valence-corrected chi connectivity index (χ1v) is 2.89. The van der Waals surface area contributed by atoms with E-state index in [4.69, 9.17) is 13.0 Å². The van der Waals surface area contributed by atoms with Gasteiger partial charge in [-0.1, -0.05) is 11.5 Å². The van der Waals surface area contributed by atoms with Gasteiger partial charge in [-0.05, 0) is 12.1 Å². The zero-order chi connectivity index (χ0) is 8.43. The molecule has 0 fully saturated rings. The fourth-order valence-electron chi connectivity index (χ4n) is 0.705. The summed E-state index contributed by atoms with van der Waals surface area (Å²) in [6.07, 6.45) is 0. The molecule has 1 N–H and O–H groups in total. The van der Waals surface area contributed by atoms with Crippen LogP contribution in [0.3, 0.4) is 0 Å². The summed E-state index contributed by atoms with van der Waals surface area (Å²) in [5.41, 5.74) is -0.147. The summed E-state index contributed by atoms with van der Waals surface area (Å²) in [6, 6.07) is 3.45. The zero-order valence-corrected chi connectivity index (χ0v) is 5.54. The summed E-state index contributed by atoms with van der Waals surface area (Å²) in [5.74, 6) is -2.10. The van der Waals surface area contributed by atoms with Crippen LogP contribution in [0.5, 0.6) is 0 Å². The molecule has 1 aromatic carbocycles. The van der Waals surface area contributed by atoms with Gasteiger partial charge >= 0.3 is 5.97 Å². The fraction of sp³-hybridized carbons (Fsp3) is 0. The van der Waals surface area contributed by atoms with E-state index in [-0.39, 0.29) is 11.0 Å². The zero-order valence-electron chi connectivity index (χ0n) is 5.54. The summed E-state index contributed by atoms with van der Waals surface area (Å²) >= 11 is 0. The molecule has 0 atom stereocenters. The average Bonchev–Trinajstić information content (AvgIpc) is 1.85. The molecule has 0 spiro atoms. The van der Waals surface area contributed by atoms with E-state index in [1.165, 1.54) is 6.07 Å². The Labute approximate surface area is 64.1 Å². The number of rotatable bonds is 1. The van der Waals surface area contributed by atoms with Crippen molar-refractivity contribution in [2.24, 2.45) is 0 Å². The van der Waals surface area contributed by atoms with Crippen molar-refractivity contribution in [3.63, 3.8) is 0 Å². The van der Waals surface area contributed by atoms with E-state index in [0.29, 0.717) is 0 Å². The van der Waals surface area contributed by atoms with E-state index < -0.39 is 11.8 Å². The van der Waals surface area contributed by atoms with Gasteiger partial charge < -0.3 is 5.11 Å². The fourth-order valence-corrected chi connectivity index (χ4v) is 0.705. The van der Waals surface area contributed by atoms with Gasteiger partial charge in [0.1, 0.15) is 13.7 Å². The maximum absolute atomic E-state index is 12.6.